The monoisotopic (exact) mass is 218 g/mol. The van der Waals surface area contributed by atoms with Gasteiger partial charge in [-0.2, -0.15) is 0 Å². The van der Waals surface area contributed by atoms with Gasteiger partial charge in [0, 0.05) is 0 Å². The third kappa shape index (κ3) is 31.5. The summed E-state index contributed by atoms with van der Waals surface area (Å²) in [6.45, 7) is 20.8. The molecule has 0 bridgehead atoms. The molecule has 96 valence electrons. The molecule has 0 unspecified atom stereocenters. The van der Waals surface area contributed by atoms with Gasteiger partial charge in [0.25, 0.3) is 0 Å². The summed E-state index contributed by atoms with van der Waals surface area (Å²) in [5.74, 6) is 0. The molecular weight excluding hydrogens is 184 g/mol. The van der Waals surface area contributed by atoms with Crippen LogP contribution in [-0.2, 0) is 0 Å². The van der Waals surface area contributed by atoms with Gasteiger partial charge in [0.2, 0.25) is 0 Å². The SMILES string of the molecule is CCC.CCN(CC)CC.CCNCC. The first-order valence-electron chi connectivity index (χ1n) is 6.61. The number of nitrogens with one attached hydrogen (secondary N) is 1. The first-order chi connectivity index (χ1) is 7.17. The van der Waals surface area contributed by atoms with Gasteiger partial charge in [0.1, 0.15) is 0 Å². The van der Waals surface area contributed by atoms with Crippen LogP contribution in [0.3, 0.4) is 0 Å². The molecule has 2 nitrogen and oxygen atoms in total. The van der Waals surface area contributed by atoms with Crippen molar-refractivity contribution in [2.45, 2.75) is 54.9 Å². The van der Waals surface area contributed by atoms with Gasteiger partial charge in [0.05, 0.1) is 0 Å². The van der Waals surface area contributed by atoms with Crippen molar-refractivity contribution in [1.29, 1.82) is 0 Å². The van der Waals surface area contributed by atoms with Gasteiger partial charge in [-0.1, -0.05) is 54.9 Å². The number of rotatable bonds is 5. The van der Waals surface area contributed by atoms with Gasteiger partial charge in [-0.15, -0.1) is 0 Å². The Morgan fingerprint density at radius 1 is 0.667 bits per heavy atom. The fourth-order valence-corrected chi connectivity index (χ4v) is 0.921. The van der Waals surface area contributed by atoms with Crippen LogP contribution in [0.5, 0.6) is 0 Å². The van der Waals surface area contributed by atoms with Crippen molar-refractivity contribution in [2.75, 3.05) is 32.7 Å². The Balaban J connectivity index is -0.000000158. The lowest BCUT2D eigenvalue weighted by molar-refractivity contribution is 0.321. The summed E-state index contributed by atoms with van der Waals surface area (Å²) in [4.78, 5) is 2.38. The van der Waals surface area contributed by atoms with E-state index >= 15 is 0 Å². The van der Waals surface area contributed by atoms with E-state index in [1.165, 1.54) is 26.1 Å². The zero-order valence-electron chi connectivity index (χ0n) is 12.2. The van der Waals surface area contributed by atoms with Crippen molar-refractivity contribution in [3.63, 3.8) is 0 Å². The summed E-state index contributed by atoms with van der Waals surface area (Å²) >= 11 is 0. The third-order valence-corrected chi connectivity index (χ3v) is 1.84. The molecule has 0 saturated heterocycles. The molecule has 0 heterocycles. The predicted octanol–water partition coefficient (Wildman–Crippen LogP) is 3.38. The molecule has 2 heteroatoms. The maximum atomic E-state index is 3.11. The Morgan fingerprint density at radius 3 is 0.933 bits per heavy atom. The van der Waals surface area contributed by atoms with Crippen molar-refractivity contribution in [2.24, 2.45) is 0 Å². The molecule has 0 aliphatic carbocycles. The van der Waals surface area contributed by atoms with Gasteiger partial charge in [-0.05, 0) is 32.7 Å². The average molecular weight is 218 g/mol. The highest BCUT2D eigenvalue weighted by Crippen LogP contribution is 1.81. The molecule has 0 aromatic carbocycles. The first kappa shape index (κ1) is 20.3. The Hall–Kier alpha value is -0.0800. The van der Waals surface area contributed by atoms with Crippen molar-refractivity contribution in [3.05, 3.63) is 0 Å². The van der Waals surface area contributed by atoms with Crippen molar-refractivity contribution >= 4 is 0 Å². The van der Waals surface area contributed by atoms with Crippen LogP contribution in [0.25, 0.3) is 0 Å². The summed E-state index contributed by atoms with van der Waals surface area (Å²) in [5, 5.41) is 3.11. The fraction of sp³-hybridized carbons (Fsp3) is 1.00. The molecule has 0 atom stereocenters. The minimum atomic E-state index is 1.09. The van der Waals surface area contributed by atoms with Crippen LogP contribution in [0.2, 0.25) is 0 Å². The molecular formula is C13H34N2. The Morgan fingerprint density at radius 2 is 0.933 bits per heavy atom. The molecule has 0 aromatic rings. The number of hydrogen-bond acceptors (Lipinski definition) is 2. The Kier molecular flexibility index (Phi) is 32.0. The minimum absolute atomic E-state index is 1.09. The molecule has 0 radical (unpaired) electrons. The van der Waals surface area contributed by atoms with Gasteiger partial charge in [-0.25, -0.2) is 0 Å². The van der Waals surface area contributed by atoms with E-state index in [1.807, 2.05) is 0 Å². The summed E-state index contributed by atoms with van der Waals surface area (Å²) in [7, 11) is 0. The van der Waals surface area contributed by atoms with E-state index in [1.54, 1.807) is 0 Å². The van der Waals surface area contributed by atoms with E-state index in [0.29, 0.717) is 0 Å². The largest absolute Gasteiger partial charge is 0.317 e. The van der Waals surface area contributed by atoms with Crippen LogP contribution in [-0.4, -0.2) is 37.6 Å². The second-order valence-corrected chi connectivity index (χ2v) is 3.28. The molecule has 1 N–H and O–H groups in total. The van der Waals surface area contributed by atoms with Gasteiger partial charge in [-0.3, -0.25) is 0 Å². The lowest BCUT2D eigenvalue weighted by Gasteiger charge is -2.13. The normalized spacial score (nSPS) is 8.80. The summed E-state index contributed by atoms with van der Waals surface area (Å²) in [5.41, 5.74) is 0. The molecule has 15 heavy (non-hydrogen) atoms. The van der Waals surface area contributed by atoms with Crippen LogP contribution < -0.4 is 5.32 Å². The average Bonchev–Trinajstić information content (AvgIpc) is 2.24. The van der Waals surface area contributed by atoms with E-state index in [-0.39, 0.29) is 0 Å². The molecule has 0 spiro atoms. The Bertz CT molecular complexity index is 63.4. The number of nitrogens with zero attached hydrogens (tertiary/aromatic N) is 1. The van der Waals surface area contributed by atoms with Gasteiger partial charge < -0.3 is 10.2 Å². The summed E-state index contributed by atoms with van der Waals surface area (Å²) in [6, 6.07) is 0. The van der Waals surface area contributed by atoms with E-state index in [0.717, 1.165) is 13.1 Å². The van der Waals surface area contributed by atoms with Crippen molar-refractivity contribution < 1.29 is 0 Å². The minimum Gasteiger partial charge on any atom is -0.317 e. The summed E-state index contributed by atoms with van der Waals surface area (Å²) in [6.07, 6.45) is 1.25. The molecule has 0 aromatic heterocycles. The number of hydrogen-bond donors (Lipinski definition) is 1. The molecule has 0 aliphatic heterocycles. The molecule has 0 amide bonds. The lowest BCUT2D eigenvalue weighted by atomic mass is 10.5. The highest BCUT2D eigenvalue weighted by atomic mass is 15.1. The lowest BCUT2D eigenvalue weighted by Crippen LogP contribution is -2.21. The third-order valence-electron chi connectivity index (χ3n) is 1.84. The smallest absolute Gasteiger partial charge is 0.00474 e. The van der Waals surface area contributed by atoms with Crippen molar-refractivity contribution in [3.8, 4) is 0 Å². The van der Waals surface area contributed by atoms with Crippen LogP contribution in [0.1, 0.15) is 54.9 Å². The van der Waals surface area contributed by atoms with Gasteiger partial charge >= 0.3 is 0 Å². The molecule has 0 aliphatic rings. The maximum absolute atomic E-state index is 3.11. The standard InChI is InChI=1S/C6H15N.C4H11N.C3H8/c1-4-7(5-2)6-3;1-3-5-4-2;1-3-2/h4-6H2,1-3H3;5H,3-4H2,1-2H3;3H2,1-2H3. The van der Waals surface area contributed by atoms with E-state index in [9.17, 15) is 0 Å². The van der Waals surface area contributed by atoms with E-state index in [4.69, 9.17) is 0 Å². The zero-order chi connectivity index (χ0) is 12.5. The zero-order valence-corrected chi connectivity index (χ0v) is 12.2. The van der Waals surface area contributed by atoms with Crippen molar-refractivity contribution in [1.82, 2.24) is 10.2 Å². The predicted molar refractivity (Wildman–Crippen MR) is 73.6 cm³/mol. The van der Waals surface area contributed by atoms with Gasteiger partial charge in [0.15, 0.2) is 0 Å². The molecule has 0 saturated carbocycles. The van der Waals surface area contributed by atoms with Crippen LogP contribution in [0.15, 0.2) is 0 Å². The van der Waals surface area contributed by atoms with Crippen LogP contribution >= 0.6 is 0 Å². The molecule has 0 fully saturated rings. The Labute approximate surface area is 98.4 Å². The second-order valence-electron chi connectivity index (χ2n) is 3.28. The summed E-state index contributed by atoms with van der Waals surface area (Å²) < 4.78 is 0. The van der Waals surface area contributed by atoms with Crippen LogP contribution in [0.4, 0.5) is 0 Å². The maximum Gasteiger partial charge on any atom is -0.00474 e. The molecule has 0 rings (SSSR count). The fourth-order valence-electron chi connectivity index (χ4n) is 0.921. The van der Waals surface area contributed by atoms with E-state index < -0.39 is 0 Å². The van der Waals surface area contributed by atoms with E-state index in [2.05, 4.69) is 58.7 Å². The highest BCUT2D eigenvalue weighted by molar-refractivity contribution is 4.43. The topological polar surface area (TPSA) is 15.3 Å². The first-order valence-corrected chi connectivity index (χ1v) is 6.61. The van der Waals surface area contributed by atoms with Crippen LogP contribution in [0, 0.1) is 0 Å². The highest BCUT2D eigenvalue weighted by Gasteiger charge is 1.89. The second kappa shape index (κ2) is 23.6. The quantitative estimate of drug-likeness (QED) is 0.761.